The van der Waals surface area contributed by atoms with Crippen LogP contribution in [0.25, 0.3) is 22.2 Å². The van der Waals surface area contributed by atoms with Gasteiger partial charge in [0.05, 0.1) is 36.5 Å². The Bertz CT molecular complexity index is 2430. The maximum absolute atomic E-state index is 13.2. The monoisotopic (exact) mass is 788 g/mol. The molecule has 0 aliphatic carbocycles. The first kappa shape index (κ1) is 38.6. The van der Waals surface area contributed by atoms with Crippen molar-refractivity contribution in [2.24, 2.45) is 7.05 Å². The number of carbonyl (C=O) groups is 5. The van der Waals surface area contributed by atoms with Crippen LogP contribution < -0.4 is 25.4 Å². The zero-order valence-corrected chi connectivity index (χ0v) is 32.4. The molecule has 5 amide bonds. The van der Waals surface area contributed by atoms with E-state index in [4.69, 9.17) is 14.5 Å². The van der Waals surface area contributed by atoms with Crippen LogP contribution in [0.3, 0.4) is 0 Å². The van der Waals surface area contributed by atoms with Crippen LogP contribution in [-0.2, 0) is 32.8 Å². The molecule has 3 aromatic carbocycles. The number of fused-ring (bicyclic) bond motifs is 2. The van der Waals surface area contributed by atoms with E-state index in [1.807, 2.05) is 54.2 Å². The maximum Gasteiger partial charge on any atom is 0.255 e. The number of para-hydroxylation sites is 1. The van der Waals surface area contributed by atoms with E-state index in [-0.39, 0.29) is 56.0 Å². The SMILES string of the molecule is C=CC(=O)Nc1cc(Nc2nccc(-c3cn(C)c4ccccc34)n2)c(OC)cc1OCCN(C)C(=O)CSc1cccc2c1CN(C1CCC(=O)NC1=O)C2=O. The summed E-state index contributed by atoms with van der Waals surface area (Å²) in [5.74, 6) is -0.616. The van der Waals surface area contributed by atoms with Crippen molar-refractivity contribution in [3.8, 4) is 22.8 Å². The highest BCUT2D eigenvalue weighted by atomic mass is 32.2. The van der Waals surface area contributed by atoms with E-state index in [0.29, 0.717) is 34.4 Å². The smallest absolute Gasteiger partial charge is 0.255 e. The van der Waals surface area contributed by atoms with Crippen LogP contribution in [0.5, 0.6) is 11.5 Å². The van der Waals surface area contributed by atoms with E-state index < -0.39 is 17.9 Å². The summed E-state index contributed by atoms with van der Waals surface area (Å²) >= 11 is 1.31. The van der Waals surface area contributed by atoms with Gasteiger partial charge in [0.2, 0.25) is 29.6 Å². The average Bonchev–Trinajstić information content (AvgIpc) is 3.73. The van der Waals surface area contributed by atoms with Gasteiger partial charge in [-0.2, -0.15) is 0 Å². The Morgan fingerprint density at radius 1 is 1.07 bits per heavy atom. The first-order chi connectivity index (χ1) is 27.5. The standard InChI is InChI=1S/C41H40N8O7S/c1-5-36(50)43-30-19-29(45-41-42-16-15-28(44-41)26-21-48(3)31-11-7-6-9-24(26)31)33(55-4)20-34(30)56-18-17-47(2)38(52)23-57-35-12-8-10-25-27(35)22-49(40(25)54)32-13-14-37(51)46-39(32)53/h5-12,15-16,19-21,32H,1,13-14,17-18,22-23H2,2-4H3,(H,43,50)(H,42,44,45)(H,46,51,53). The Balaban J connectivity index is 0.998. The number of hydrogen-bond acceptors (Lipinski definition) is 11. The van der Waals surface area contributed by atoms with Crippen LogP contribution in [0.1, 0.15) is 28.8 Å². The lowest BCUT2D eigenvalue weighted by Gasteiger charge is -2.29. The molecular weight excluding hydrogens is 749 g/mol. The number of hydrogen-bond donors (Lipinski definition) is 3. The Hall–Kier alpha value is -6.68. The fourth-order valence-electron chi connectivity index (χ4n) is 6.82. The van der Waals surface area contributed by atoms with Gasteiger partial charge in [-0.1, -0.05) is 30.8 Å². The molecule has 57 heavy (non-hydrogen) atoms. The van der Waals surface area contributed by atoms with E-state index in [2.05, 4.69) is 27.5 Å². The summed E-state index contributed by atoms with van der Waals surface area (Å²) in [5.41, 5.74) is 4.78. The highest BCUT2D eigenvalue weighted by molar-refractivity contribution is 8.00. The number of nitrogens with one attached hydrogen (secondary N) is 3. The molecule has 4 heterocycles. The van der Waals surface area contributed by atoms with Crippen LogP contribution in [0.15, 0.2) is 90.6 Å². The molecule has 1 fully saturated rings. The van der Waals surface area contributed by atoms with Crippen molar-refractivity contribution in [3.63, 3.8) is 0 Å². The number of nitrogens with zero attached hydrogens (tertiary/aromatic N) is 5. The second kappa shape index (κ2) is 16.6. The van der Waals surface area contributed by atoms with Crippen molar-refractivity contribution in [1.29, 1.82) is 0 Å². The molecular formula is C41H40N8O7S. The Morgan fingerprint density at radius 3 is 2.68 bits per heavy atom. The second-order valence-electron chi connectivity index (χ2n) is 13.4. The number of benzene rings is 3. The van der Waals surface area contributed by atoms with Crippen molar-refractivity contribution in [1.82, 2.24) is 29.7 Å². The quantitative estimate of drug-likeness (QED) is 0.0793. The van der Waals surface area contributed by atoms with Crippen molar-refractivity contribution in [2.45, 2.75) is 30.3 Å². The number of ether oxygens (including phenoxy) is 2. The molecule has 0 bridgehead atoms. The number of anilines is 3. The summed E-state index contributed by atoms with van der Waals surface area (Å²) in [4.78, 5) is 76.0. The number of likely N-dealkylation sites (N-methyl/N-ethyl adjacent to an activating group) is 1. The Kier molecular flexibility index (Phi) is 11.2. The molecule has 5 aromatic rings. The predicted molar refractivity (Wildman–Crippen MR) is 215 cm³/mol. The van der Waals surface area contributed by atoms with Crippen molar-refractivity contribution in [3.05, 3.63) is 96.8 Å². The van der Waals surface area contributed by atoms with E-state index in [1.54, 1.807) is 37.5 Å². The summed E-state index contributed by atoms with van der Waals surface area (Å²) in [7, 11) is 5.16. The van der Waals surface area contributed by atoms with E-state index in [1.165, 1.54) is 28.7 Å². The number of carbonyl (C=O) groups excluding carboxylic acids is 5. The normalized spacial score (nSPS) is 14.9. The number of thioether (sulfide) groups is 1. The van der Waals surface area contributed by atoms with Gasteiger partial charge in [0.25, 0.3) is 5.91 Å². The van der Waals surface area contributed by atoms with Crippen LogP contribution >= 0.6 is 11.8 Å². The minimum absolute atomic E-state index is 0.0894. The molecule has 0 spiro atoms. The van der Waals surface area contributed by atoms with Gasteiger partial charge in [-0.3, -0.25) is 29.3 Å². The minimum Gasteiger partial charge on any atom is -0.494 e. The van der Waals surface area contributed by atoms with Gasteiger partial charge in [-0.25, -0.2) is 9.97 Å². The average molecular weight is 789 g/mol. The van der Waals surface area contributed by atoms with Crippen LogP contribution in [0, 0.1) is 0 Å². The molecule has 0 saturated carbocycles. The highest BCUT2D eigenvalue weighted by Gasteiger charge is 2.40. The summed E-state index contributed by atoms with van der Waals surface area (Å²) in [5, 5.41) is 9.36. The lowest BCUT2D eigenvalue weighted by Crippen LogP contribution is -2.52. The first-order valence-corrected chi connectivity index (χ1v) is 19.1. The molecule has 2 aliphatic rings. The lowest BCUT2D eigenvalue weighted by molar-refractivity contribution is -0.137. The third-order valence-electron chi connectivity index (χ3n) is 9.82. The maximum atomic E-state index is 13.2. The zero-order chi connectivity index (χ0) is 40.2. The van der Waals surface area contributed by atoms with Crippen LogP contribution in [0.4, 0.5) is 17.3 Å². The second-order valence-corrected chi connectivity index (χ2v) is 14.5. The number of piperidine rings is 1. The molecule has 1 atom stereocenters. The third kappa shape index (κ3) is 8.16. The van der Waals surface area contributed by atoms with Crippen LogP contribution in [0.2, 0.25) is 0 Å². The number of rotatable bonds is 14. The zero-order valence-electron chi connectivity index (χ0n) is 31.5. The molecule has 16 heteroatoms. The van der Waals surface area contributed by atoms with E-state index in [0.717, 1.165) is 38.7 Å². The van der Waals surface area contributed by atoms with Gasteiger partial charge in [-0.15, -0.1) is 11.8 Å². The largest absolute Gasteiger partial charge is 0.494 e. The first-order valence-electron chi connectivity index (χ1n) is 18.1. The molecule has 2 aromatic heterocycles. The fourth-order valence-corrected chi connectivity index (χ4v) is 7.85. The van der Waals surface area contributed by atoms with Gasteiger partial charge in [0.1, 0.15) is 24.1 Å². The fraction of sp³-hybridized carbons (Fsp3) is 0.244. The molecule has 1 unspecified atom stereocenters. The Morgan fingerprint density at radius 2 is 1.89 bits per heavy atom. The van der Waals surface area contributed by atoms with Gasteiger partial charge in [-0.05, 0) is 48.4 Å². The molecule has 2 aliphatic heterocycles. The number of amides is 5. The summed E-state index contributed by atoms with van der Waals surface area (Å²) in [6, 6.07) is 17.8. The van der Waals surface area contributed by atoms with Crippen molar-refractivity contribution in [2.75, 3.05) is 43.7 Å². The number of imide groups is 1. The molecule has 7 rings (SSSR count). The molecule has 292 valence electrons. The molecule has 0 radical (unpaired) electrons. The van der Waals surface area contributed by atoms with Crippen LogP contribution in [-0.4, -0.2) is 93.0 Å². The summed E-state index contributed by atoms with van der Waals surface area (Å²) in [6.45, 7) is 4.09. The van der Waals surface area contributed by atoms with Gasteiger partial charge in [0, 0.05) is 72.4 Å². The van der Waals surface area contributed by atoms with Gasteiger partial charge < -0.3 is 34.5 Å². The number of methoxy groups -OCH3 is 1. The minimum atomic E-state index is -0.723. The van der Waals surface area contributed by atoms with Gasteiger partial charge in [0.15, 0.2) is 0 Å². The summed E-state index contributed by atoms with van der Waals surface area (Å²) in [6.07, 6.45) is 5.27. The third-order valence-corrected chi connectivity index (χ3v) is 10.9. The van der Waals surface area contributed by atoms with E-state index >= 15 is 0 Å². The lowest BCUT2D eigenvalue weighted by atomic mass is 10.0. The number of aromatic nitrogens is 3. The number of aryl methyl sites for hydroxylation is 1. The molecule has 1 saturated heterocycles. The van der Waals surface area contributed by atoms with Gasteiger partial charge >= 0.3 is 0 Å². The van der Waals surface area contributed by atoms with Crippen molar-refractivity contribution >= 4 is 69.5 Å². The summed E-state index contributed by atoms with van der Waals surface area (Å²) < 4.78 is 13.8. The predicted octanol–water partition coefficient (Wildman–Crippen LogP) is 4.90. The Labute approximate surface area is 332 Å². The molecule has 3 N–H and O–H groups in total. The topological polar surface area (TPSA) is 177 Å². The van der Waals surface area contributed by atoms with E-state index in [9.17, 15) is 24.0 Å². The molecule has 15 nitrogen and oxygen atoms in total. The highest BCUT2D eigenvalue weighted by Crippen LogP contribution is 2.39. The van der Waals surface area contributed by atoms with Crippen molar-refractivity contribution < 1.29 is 33.4 Å².